The summed E-state index contributed by atoms with van der Waals surface area (Å²) in [6.07, 6.45) is 2.21. The van der Waals surface area contributed by atoms with Gasteiger partial charge in [0.2, 0.25) is 0 Å². The van der Waals surface area contributed by atoms with Crippen molar-refractivity contribution >= 4 is 23.2 Å². The zero-order valence-corrected chi connectivity index (χ0v) is 19.2. The zero-order chi connectivity index (χ0) is 22.5. The van der Waals surface area contributed by atoms with E-state index in [9.17, 15) is 9.59 Å². The average Bonchev–Trinajstić information content (AvgIpc) is 2.74. The van der Waals surface area contributed by atoms with Crippen LogP contribution < -0.4 is 15.5 Å². The van der Waals surface area contributed by atoms with E-state index < -0.39 is 11.8 Å². The van der Waals surface area contributed by atoms with Crippen LogP contribution in [0.3, 0.4) is 0 Å². The van der Waals surface area contributed by atoms with Crippen molar-refractivity contribution in [2.45, 2.75) is 38.6 Å². The van der Waals surface area contributed by atoms with Crippen LogP contribution in [0.5, 0.6) is 0 Å². The zero-order valence-electron chi connectivity index (χ0n) is 19.2. The van der Waals surface area contributed by atoms with Crippen molar-refractivity contribution in [1.29, 1.82) is 0 Å². The Labute approximate surface area is 185 Å². The molecule has 2 N–H and O–H groups in total. The Bertz CT molecular complexity index is 922. The molecule has 2 aromatic carbocycles. The summed E-state index contributed by atoms with van der Waals surface area (Å²) in [4.78, 5) is 29.1. The van der Waals surface area contributed by atoms with Crippen LogP contribution in [0.15, 0.2) is 42.5 Å². The number of likely N-dealkylation sites (N-methyl/N-ethyl adjacent to an activating group) is 1. The summed E-state index contributed by atoms with van der Waals surface area (Å²) >= 11 is 0. The van der Waals surface area contributed by atoms with Crippen molar-refractivity contribution in [1.82, 2.24) is 10.2 Å². The Morgan fingerprint density at radius 1 is 1.03 bits per heavy atom. The molecular weight excluding hydrogens is 388 g/mol. The summed E-state index contributed by atoms with van der Waals surface area (Å²) in [7, 11) is 6.09. The lowest BCUT2D eigenvalue weighted by Gasteiger charge is -2.30. The van der Waals surface area contributed by atoms with Crippen LogP contribution in [0, 0.1) is 0 Å². The maximum absolute atomic E-state index is 12.4. The van der Waals surface area contributed by atoms with Crippen LogP contribution in [-0.2, 0) is 16.0 Å². The van der Waals surface area contributed by atoms with E-state index in [1.807, 2.05) is 38.4 Å². The molecule has 0 unspecified atom stereocenters. The molecule has 0 bridgehead atoms. The molecule has 1 heterocycles. The van der Waals surface area contributed by atoms with Gasteiger partial charge in [0.1, 0.15) is 0 Å². The summed E-state index contributed by atoms with van der Waals surface area (Å²) in [5, 5.41) is 5.47. The number of amides is 2. The van der Waals surface area contributed by atoms with Crippen molar-refractivity contribution in [2.75, 3.05) is 44.4 Å². The average molecular weight is 423 g/mol. The number of aryl methyl sites for hydroxylation is 1. The van der Waals surface area contributed by atoms with E-state index in [0.717, 1.165) is 24.9 Å². The number of carbonyl (C=O) groups is 2. The number of carbonyl (C=O) groups excluding carboxylic acids is 2. The van der Waals surface area contributed by atoms with E-state index in [4.69, 9.17) is 0 Å². The summed E-state index contributed by atoms with van der Waals surface area (Å²) in [5.41, 5.74) is 5.57. The van der Waals surface area contributed by atoms with E-state index in [-0.39, 0.29) is 6.04 Å². The fourth-order valence-electron chi connectivity index (χ4n) is 4.02. The van der Waals surface area contributed by atoms with Crippen molar-refractivity contribution in [3.8, 4) is 0 Å². The smallest absolute Gasteiger partial charge is 0.313 e. The van der Waals surface area contributed by atoms with Gasteiger partial charge in [-0.15, -0.1) is 0 Å². The van der Waals surface area contributed by atoms with Gasteiger partial charge in [-0.2, -0.15) is 0 Å². The molecule has 0 aliphatic carbocycles. The molecule has 31 heavy (non-hydrogen) atoms. The molecule has 1 aliphatic heterocycles. The first-order valence-electron chi connectivity index (χ1n) is 11.0. The van der Waals surface area contributed by atoms with Crippen molar-refractivity contribution in [3.63, 3.8) is 0 Å². The first kappa shape index (κ1) is 22.8. The molecule has 166 valence electrons. The topological polar surface area (TPSA) is 64.7 Å². The molecule has 0 spiro atoms. The quantitative estimate of drug-likeness (QED) is 0.699. The predicted octanol–water partition coefficient (Wildman–Crippen LogP) is 3.55. The van der Waals surface area contributed by atoms with Crippen LogP contribution in [-0.4, -0.2) is 50.9 Å². The molecule has 6 nitrogen and oxygen atoms in total. The largest absolute Gasteiger partial charge is 0.374 e. The molecule has 6 heteroatoms. The highest BCUT2D eigenvalue weighted by Gasteiger charge is 2.21. The Hall–Kier alpha value is -2.86. The normalized spacial score (nSPS) is 14.4. The van der Waals surface area contributed by atoms with E-state index in [0.29, 0.717) is 18.2 Å². The molecule has 0 radical (unpaired) electrons. The van der Waals surface area contributed by atoms with Crippen LogP contribution in [0.2, 0.25) is 0 Å². The van der Waals surface area contributed by atoms with E-state index in [1.54, 1.807) is 0 Å². The molecular formula is C25H34N4O2. The minimum absolute atomic E-state index is 0.0143. The van der Waals surface area contributed by atoms with Crippen molar-refractivity contribution in [2.24, 2.45) is 0 Å². The van der Waals surface area contributed by atoms with Crippen LogP contribution in [0.1, 0.15) is 48.9 Å². The number of hydrogen-bond acceptors (Lipinski definition) is 4. The molecule has 0 aromatic heterocycles. The number of benzene rings is 2. The third-order valence-electron chi connectivity index (χ3n) is 5.96. The second-order valence-electron chi connectivity index (χ2n) is 8.83. The fraction of sp³-hybridized carbons (Fsp3) is 0.440. The fourth-order valence-corrected chi connectivity index (χ4v) is 4.02. The minimum atomic E-state index is -0.651. The van der Waals surface area contributed by atoms with Crippen LogP contribution in [0.4, 0.5) is 11.4 Å². The van der Waals surface area contributed by atoms with E-state index >= 15 is 0 Å². The van der Waals surface area contributed by atoms with Gasteiger partial charge in [-0.05, 0) is 67.7 Å². The Morgan fingerprint density at radius 2 is 1.71 bits per heavy atom. The van der Waals surface area contributed by atoms with Gasteiger partial charge < -0.3 is 20.4 Å². The van der Waals surface area contributed by atoms with E-state index in [1.165, 1.54) is 16.8 Å². The minimum Gasteiger partial charge on any atom is -0.374 e. The van der Waals surface area contributed by atoms with Gasteiger partial charge in [0.15, 0.2) is 0 Å². The first-order valence-corrected chi connectivity index (χ1v) is 11.0. The van der Waals surface area contributed by atoms with Gasteiger partial charge in [-0.3, -0.25) is 9.59 Å². The summed E-state index contributed by atoms with van der Waals surface area (Å²) in [5.74, 6) is -0.862. The highest BCUT2D eigenvalue weighted by Crippen LogP contribution is 2.30. The first-order chi connectivity index (χ1) is 14.8. The number of hydrogen-bond donors (Lipinski definition) is 2. The van der Waals surface area contributed by atoms with Gasteiger partial charge in [0, 0.05) is 31.5 Å². The number of nitrogens with one attached hydrogen (secondary N) is 2. The van der Waals surface area contributed by atoms with Crippen molar-refractivity contribution < 1.29 is 9.59 Å². The summed E-state index contributed by atoms with van der Waals surface area (Å²) < 4.78 is 0. The molecule has 0 saturated heterocycles. The van der Waals surface area contributed by atoms with Crippen molar-refractivity contribution in [3.05, 3.63) is 59.2 Å². The monoisotopic (exact) mass is 422 g/mol. The Morgan fingerprint density at radius 3 is 2.35 bits per heavy atom. The highest BCUT2D eigenvalue weighted by molar-refractivity contribution is 6.39. The lowest BCUT2D eigenvalue weighted by Crippen LogP contribution is -2.40. The predicted molar refractivity (Wildman–Crippen MR) is 127 cm³/mol. The molecule has 1 atom stereocenters. The SMILES string of the molecule is CC(C)c1ccc(NC(=O)C(=O)NC[C@@H](c2ccc3c(c2)CCCN3C)N(C)C)cc1. The standard InChI is InChI=1S/C25H34N4O2/c1-17(2)18-8-11-21(12-9-18)27-25(31)24(30)26-16-23(28(3)4)20-10-13-22-19(15-20)7-6-14-29(22)5/h8-13,15,17,23H,6-7,14,16H2,1-5H3,(H,26,30)(H,27,31)/t23-/m0/s1. The lowest BCUT2D eigenvalue weighted by atomic mass is 9.96. The number of anilines is 2. The molecule has 1 aliphatic rings. The number of nitrogens with zero attached hydrogens (tertiary/aromatic N) is 2. The van der Waals surface area contributed by atoms with Crippen LogP contribution >= 0.6 is 0 Å². The third-order valence-corrected chi connectivity index (χ3v) is 5.96. The van der Waals surface area contributed by atoms with Gasteiger partial charge >= 0.3 is 11.8 Å². The Kier molecular flexibility index (Phi) is 7.33. The summed E-state index contributed by atoms with van der Waals surface area (Å²) in [6.45, 7) is 5.67. The second kappa shape index (κ2) is 9.96. The number of rotatable bonds is 6. The summed E-state index contributed by atoms with van der Waals surface area (Å²) in [6, 6.07) is 14.1. The lowest BCUT2D eigenvalue weighted by molar-refractivity contribution is -0.136. The van der Waals surface area contributed by atoms with Gasteiger partial charge in [-0.25, -0.2) is 0 Å². The molecule has 0 fully saturated rings. The number of fused-ring (bicyclic) bond motifs is 1. The molecule has 3 rings (SSSR count). The van der Waals surface area contributed by atoms with Gasteiger partial charge in [-0.1, -0.05) is 38.1 Å². The van der Waals surface area contributed by atoms with Gasteiger partial charge in [0.05, 0.1) is 6.04 Å². The van der Waals surface area contributed by atoms with Gasteiger partial charge in [0.25, 0.3) is 0 Å². The highest BCUT2D eigenvalue weighted by atomic mass is 16.2. The maximum Gasteiger partial charge on any atom is 0.313 e. The third kappa shape index (κ3) is 5.64. The molecule has 2 amide bonds. The molecule has 0 saturated carbocycles. The van der Waals surface area contributed by atoms with Crippen LogP contribution in [0.25, 0.3) is 0 Å². The van der Waals surface area contributed by atoms with E-state index in [2.05, 4.69) is 59.5 Å². The molecule has 2 aromatic rings. The maximum atomic E-state index is 12.4. The Balaban J connectivity index is 1.62. The second-order valence-corrected chi connectivity index (χ2v) is 8.83.